The molecule has 1 aromatic rings. The molecule has 0 aliphatic carbocycles. The zero-order valence-corrected chi connectivity index (χ0v) is 16.1. The minimum atomic E-state index is 0.443. The van der Waals surface area contributed by atoms with Crippen LogP contribution in [0.15, 0.2) is 28.7 Å². The van der Waals surface area contributed by atoms with Crippen molar-refractivity contribution >= 4 is 38.2 Å². The third-order valence-corrected chi connectivity index (χ3v) is 4.60. The first kappa shape index (κ1) is 17.2. The average molecular weight is 363 g/mol. The topological polar surface area (TPSA) is 18.5 Å². The molecule has 0 amide bonds. The second-order valence-corrected chi connectivity index (χ2v) is 7.50. The van der Waals surface area contributed by atoms with Gasteiger partial charge in [0.2, 0.25) is 0 Å². The number of hydrogen-bond acceptors (Lipinski definition) is 3. The molecule has 0 saturated heterocycles. The van der Waals surface area contributed by atoms with Crippen molar-refractivity contribution < 1.29 is 8.92 Å². The molecule has 1 atom stereocenters. The van der Waals surface area contributed by atoms with Gasteiger partial charge in [-0.2, -0.15) is 0 Å². The molecule has 0 aliphatic rings. The van der Waals surface area contributed by atoms with Gasteiger partial charge in [-0.25, -0.2) is 0 Å². The summed E-state index contributed by atoms with van der Waals surface area (Å²) in [6, 6.07) is 9.60. The highest BCUT2D eigenvalue weighted by Crippen LogP contribution is 2.12. The Morgan fingerprint density at radius 3 is 2.68 bits per heavy atom. The maximum Gasteiger partial charge on any atom is 0.0717 e. The summed E-state index contributed by atoms with van der Waals surface area (Å²) in [5.74, 6) is 1.56. The van der Waals surface area contributed by atoms with Crippen molar-refractivity contribution in [3.8, 4) is 0 Å². The van der Waals surface area contributed by atoms with Gasteiger partial charge in [0.25, 0.3) is 0 Å². The zero-order valence-electron chi connectivity index (χ0n) is 11.7. The van der Waals surface area contributed by atoms with E-state index in [2.05, 4.69) is 35.0 Å². The van der Waals surface area contributed by atoms with E-state index in [1.165, 1.54) is 28.3 Å². The van der Waals surface area contributed by atoms with Gasteiger partial charge in [0.05, 0.1) is 19.8 Å². The second-order valence-electron chi connectivity index (χ2n) is 4.71. The van der Waals surface area contributed by atoms with E-state index in [0.717, 1.165) is 23.4 Å². The molecule has 0 unspecified atom stereocenters. The van der Waals surface area contributed by atoms with Crippen LogP contribution in [0.4, 0.5) is 0 Å². The van der Waals surface area contributed by atoms with Crippen molar-refractivity contribution in [2.75, 3.05) is 19.0 Å². The molecule has 5 heteroatoms. The highest BCUT2D eigenvalue weighted by atomic mass is 79.9. The first-order valence-corrected chi connectivity index (χ1v) is 9.90. The second kappa shape index (κ2) is 10.9. The van der Waals surface area contributed by atoms with E-state index in [0.29, 0.717) is 12.5 Å². The summed E-state index contributed by atoms with van der Waals surface area (Å²) in [7, 11) is 1.30. The molecule has 108 valence electrons. The lowest BCUT2D eigenvalue weighted by Gasteiger charge is -2.12. The number of benzene rings is 1. The minimum Gasteiger partial charge on any atom is -0.376 e. The van der Waals surface area contributed by atoms with Crippen molar-refractivity contribution in [3.05, 3.63) is 34.3 Å². The van der Waals surface area contributed by atoms with Gasteiger partial charge < -0.3 is 8.92 Å². The van der Waals surface area contributed by atoms with Crippen LogP contribution in [0.5, 0.6) is 0 Å². The molecular formula is C14H23BrO2SSi. The fraction of sp³-hybridized carbons (Fsp3) is 0.571. The zero-order chi connectivity index (χ0) is 13.9. The Labute approximate surface area is 132 Å². The molecule has 0 fully saturated rings. The van der Waals surface area contributed by atoms with Crippen molar-refractivity contribution in [3.63, 3.8) is 0 Å². The largest absolute Gasteiger partial charge is 0.376 e. The fourth-order valence-corrected chi connectivity index (χ4v) is 3.42. The lowest BCUT2D eigenvalue weighted by Crippen LogP contribution is -2.11. The summed E-state index contributed by atoms with van der Waals surface area (Å²) in [5.41, 5.74) is 1.21. The van der Waals surface area contributed by atoms with E-state index in [1.54, 1.807) is 12.0 Å². The molecule has 0 radical (unpaired) electrons. The van der Waals surface area contributed by atoms with Crippen LogP contribution < -0.4 is 0 Å². The molecule has 0 saturated carbocycles. The van der Waals surface area contributed by atoms with Crippen molar-refractivity contribution in [1.82, 2.24) is 0 Å². The van der Waals surface area contributed by atoms with Crippen LogP contribution in [0, 0.1) is 5.92 Å². The monoisotopic (exact) mass is 362 g/mol. The molecule has 19 heavy (non-hydrogen) atoms. The third kappa shape index (κ3) is 8.86. The first-order valence-electron chi connectivity index (χ1n) is 6.79. The van der Waals surface area contributed by atoms with Gasteiger partial charge in [-0.15, -0.1) is 0 Å². The van der Waals surface area contributed by atoms with Crippen LogP contribution >= 0.6 is 28.0 Å². The smallest absolute Gasteiger partial charge is 0.0717 e. The van der Waals surface area contributed by atoms with Crippen LogP contribution in [-0.4, -0.2) is 29.2 Å². The van der Waals surface area contributed by atoms with Gasteiger partial charge in [0.15, 0.2) is 0 Å². The van der Waals surface area contributed by atoms with Gasteiger partial charge in [0.1, 0.15) is 0 Å². The van der Waals surface area contributed by atoms with Crippen molar-refractivity contribution in [2.24, 2.45) is 5.92 Å². The SMILES string of the molecule is C[C@H](COCc1ccc(Br)cc1)COSCCC[SiH3]. The summed E-state index contributed by atoms with van der Waals surface area (Å²) in [6.07, 6.45) is 1.28. The van der Waals surface area contributed by atoms with E-state index < -0.39 is 0 Å². The molecule has 1 aromatic carbocycles. The Hall–Kier alpha value is 0.187. The highest BCUT2D eigenvalue weighted by Gasteiger charge is 2.03. The Morgan fingerprint density at radius 2 is 2.00 bits per heavy atom. The molecule has 0 bridgehead atoms. The summed E-state index contributed by atoms with van der Waals surface area (Å²) in [5, 5.41) is 0. The standard InChI is InChI=1S/C14H23BrO2SSi/c1-12(10-17-18-7-2-8-19)9-16-11-13-3-5-14(15)6-4-13/h3-6,12H,2,7-11H2,1,19H3/t12-/m1/s1. The lowest BCUT2D eigenvalue weighted by atomic mass is 10.2. The van der Waals surface area contributed by atoms with E-state index in [4.69, 9.17) is 8.92 Å². The Kier molecular flexibility index (Phi) is 9.90. The Morgan fingerprint density at radius 1 is 1.26 bits per heavy atom. The maximum atomic E-state index is 5.70. The van der Waals surface area contributed by atoms with Crippen molar-refractivity contribution in [1.29, 1.82) is 0 Å². The molecule has 1 rings (SSSR count). The lowest BCUT2D eigenvalue weighted by molar-refractivity contribution is 0.0777. The summed E-state index contributed by atoms with van der Waals surface area (Å²) < 4.78 is 12.4. The average Bonchev–Trinajstić information content (AvgIpc) is 2.41. The molecule has 0 aliphatic heterocycles. The fourth-order valence-electron chi connectivity index (χ4n) is 1.43. The predicted molar refractivity (Wildman–Crippen MR) is 90.7 cm³/mol. The summed E-state index contributed by atoms with van der Waals surface area (Å²) in [4.78, 5) is 0. The van der Waals surface area contributed by atoms with Crippen molar-refractivity contribution in [2.45, 2.75) is 26.0 Å². The van der Waals surface area contributed by atoms with Gasteiger partial charge in [0, 0.05) is 26.4 Å². The van der Waals surface area contributed by atoms with Crippen LogP contribution in [0.3, 0.4) is 0 Å². The van der Waals surface area contributed by atoms with E-state index in [-0.39, 0.29) is 0 Å². The molecule has 0 heterocycles. The van der Waals surface area contributed by atoms with E-state index >= 15 is 0 Å². The number of halogens is 1. The quantitative estimate of drug-likeness (QED) is 0.360. The Balaban J connectivity index is 2.03. The first-order chi connectivity index (χ1) is 9.22. The van der Waals surface area contributed by atoms with Crippen LogP contribution in [0.1, 0.15) is 18.9 Å². The molecule has 0 spiro atoms. The molecular weight excluding hydrogens is 340 g/mol. The van der Waals surface area contributed by atoms with Crippen LogP contribution in [0.2, 0.25) is 6.04 Å². The molecule has 2 nitrogen and oxygen atoms in total. The van der Waals surface area contributed by atoms with Gasteiger partial charge in [-0.1, -0.05) is 41.0 Å². The van der Waals surface area contributed by atoms with E-state index in [1.807, 2.05) is 12.1 Å². The molecule has 0 N–H and O–H groups in total. The predicted octanol–water partition coefficient (Wildman–Crippen LogP) is 3.44. The van der Waals surface area contributed by atoms with Gasteiger partial charge in [-0.3, -0.25) is 0 Å². The Bertz CT molecular complexity index is 335. The maximum absolute atomic E-state index is 5.70. The summed E-state index contributed by atoms with van der Waals surface area (Å²) in [6.45, 7) is 4.35. The van der Waals surface area contributed by atoms with Crippen LogP contribution in [0.25, 0.3) is 0 Å². The van der Waals surface area contributed by atoms with Gasteiger partial charge >= 0.3 is 0 Å². The third-order valence-electron chi connectivity index (χ3n) is 2.60. The molecule has 0 aromatic heterocycles. The van der Waals surface area contributed by atoms with E-state index in [9.17, 15) is 0 Å². The van der Waals surface area contributed by atoms with Crippen LogP contribution in [-0.2, 0) is 15.5 Å². The minimum absolute atomic E-state index is 0.443. The number of hydrogen-bond donors (Lipinski definition) is 0. The highest BCUT2D eigenvalue weighted by molar-refractivity contribution is 9.10. The van der Waals surface area contributed by atoms with Gasteiger partial charge in [-0.05, 0) is 36.2 Å². The number of rotatable bonds is 10. The summed E-state index contributed by atoms with van der Waals surface area (Å²) >= 11 is 5.02. The normalized spacial score (nSPS) is 12.7. The number of ether oxygens (including phenoxy) is 1.